The highest BCUT2D eigenvalue weighted by Crippen LogP contribution is 2.24. The van der Waals surface area contributed by atoms with Crippen molar-refractivity contribution in [2.45, 2.75) is 78.3 Å². The molecule has 6 heteroatoms. The van der Waals surface area contributed by atoms with Crippen LogP contribution >= 0.6 is 0 Å². The Balaban J connectivity index is 1.75. The molecule has 0 aliphatic heterocycles. The van der Waals surface area contributed by atoms with Crippen LogP contribution in [0.3, 0.4) is 0 Å². The van der Waals surface area contributed by atoms with E-state index in [1.807, 2.05) is 36.4 Å². The molecule has 0 saturated carbocycles. The minimum absolute atomic E-state index is 0.0624. The Hall–Kier alpha value is -3.15. The second-order valence-corrected chi connectivity index (χ2v) is 8.92. The number of benzene rings is 2. The third-order valence-corrected chi connectivity index (χ3v) is 5.95. The van der Waals surface area contributed by atoms with E-state index >= 15 is 0 Å². The first-order valence-corrected chi connectivity index (χ1v) is 12.0. The summed E-state index contributed by atoms with van der Waals surface area (Å²) in [7, 11) is 0. The smallest absolute Gasteiger partial charge is 0.346 e. The SMILES string of the molecule is CCCCCCCCn1nc(C(C)C)n(Cc2ccc(-c3ccccc3C(=O)O)cc2)c1=O. The summed E-state index contributed by atoms with van der Waals surface area (Å²) in [6, 6.07) is 14.7. The maximum atomic E-state index is 13.1. The number of rotatable bonds is 12. The number of aryl methyl sites for hydroxylation is 1. The summed E-state index contributed by atoms with van der Waals surface area (Å²) in [6.45, 7) is 7.42. The summed E-state index contributed by atoms with van der Waals surface area (Å²) in [5.41, 5.74) is 2.72. The van der Waals surface area contributed by atoms with Crippen molar-refractivity contribution in [2.75, 3.05) is 0 Å². The fourth-order valence-corrected chi connectivity index (χ4v) is 4.11. The minimum Gasteiger partial charge on any atom is -0.478 e. The van der Waals surface area contributed by atoms with Crippen LogP contribution in [-0.2, 0) is 13.1 Å². The Morgan fingerprint density at radius 1 is 0.970 bits per heavy atom. The van der Waals surface area contributed by atoms with Gasteiger partial charge in [0.25, 0.3) is 0 Å². The van der Waals surface area contributed by atoms with Crippen molar-refractivity contribution in [3.63, 3.8) is 0 Å². The van der Waals surface area contributed by atoms with Crippen LogP contribution < -0.4 is 5.69 Å². The van der Waals surface area contributed by atoms with Gasteiger partial charge in [-0.15, -0.1) is 0 Å². The molecule has 33 heavy (non-hydrogen) atoms. The van der Waals surface area contributed by atoms with Gasteiger partial charge < -0.3 is 5.11 Å². The molecule has 0 aliphatic rings. The molecule has 0 radical (unpaired) electrons. The van der Waals surface area contributed by atoms with E-state index in [4.69, 9.17) is 0 Å². The van der Waals surface area contributed by atoms with E-state index in [1.165, 1.54) is 25.7 Å². The Kier molecular flexibility index (Phi) is 8.64. The van der Waals surface area contributed by atoms with Gasteiger partial charge in [0.15, 0.2) is 0 Å². The molecule has 2 aromatic carbocycles. The number of unbranched alkanes of at least 4 members (excludes halogenated alkanes) is 5. The average molecular weight is 450 g/mol. The lowest BCUT2D eigenvalue weighted by molar-refractivity contribution is 0.0697. The largest absolute Gasteiger partial charge is 0.478 e. The highest BCUT2D eigenvalue weighted by Gasteiger charge is 2.17. The van der Waals surface area contributed by atoms with Gasteiger partial charge in [-0.05, 0) is 29.2 Å². The van der Waals surface area contributed by atoms with Gasteiger partial charge in [0.2, 0.25) is 0 Å². The minimum atomic E-state index is -0.944. The summed E-state index contributed by atoms with van der Waals surface area (Å²) in [6.07, 6.45) is 7.05. The number of carbonyl (C=O) groups is 1. The predicted octanol–water partition coefficient (Wildman–Crippen LogP) is 5.94. The Labute approximate surface area is 195 Å². The fraction of sp³-hybridized carbons (Fsp3) is 0.444. The zero-order valence-corrected chi connectivity index (χ0v) is 20.0. The van der Waals surface area contributed by atoms with Gasteiger partial charge in [0.1, 0.15) is 5.82 Å². The highest BCUT2D eigenvalue weighted by molar-refractivity contribution is 5.95. The molecule has 0 unspecified atom stereocenters. The summed E-state index contributed by atoms with van der Waals surface area (Å²) in [4.78, 5) is 24.6. The Bertz CT molecular complexity index is 1110. The van der Waals surface area contributed by atoms with Gasteiger partial charge in [0, 0.05) is 12.5 Å². The van der Waals surface area contributed by atoms with E-state index < -0.39 is 5.97 Å². The predicted molar refractivity (Wildman–Crippen MR) is 132 cm³/mol. The zero-order chi connectivity index (χ0) is 23.8. The molecule has 3 aromatic rings. The molecule has 1 aromatic heterocycles. The monoisotopic (exact) mass is 449 g/mol. The second-order valence-electron chi connectivity index (χ2n) is 8.92. The molecule has 0 atom stereocenters. The molecular formula is C27H35N3O3. The number of aromatic nitrogens is 3. The molecule has 0 aliphatic carbocycles. The van der Waals surface area contributed by atoms with Crippen LogP contribution in [0.4, 0.5) is 0 Å². The molecule has 0 fully saturated rings. The number of hydrogen-bond donors (Lipinski definition) is 1. The molecule has 0 saturated heterocycles. The summed E-state index contributed by atoms with van der Waals surface area (Å²) < 4.78 is 3.38. The third kappa shape index (κ3) is 6.21. The number of nitrogens with zero attached hydrogens (tertiary/aromatic N) is 3. The van der Waals surface area contributed by atoms with Crippen LogP contribution in [0.2, 0.25) is 0 Å². The number of hydrogen-bond acceptors (Lipinski definition) is 3. The van der Waals surface area contributed by atoms with Gasteiger partial charge in [-0.2, -0.15) is 5.10 Å². The first-order chi connectivity index (χ1) is 15.9. The van der Waals surface area contributed by atoms with Gasteiger partial charge in [-0.1, -0.05) is 95.3 Å². The van der Waals surface area contributed by atoms with E-state index in [0.717, 1.165) is 29.8 Å². The standard InChI is InChI=1S/C27H35N3O3/c1-4-5-6-7-8-11-18-30-27(33)29(25(28-30)20(2)3)19-21-14-16-22(17-15-21)23-12-9-10-13-24(23)26(31)32/h9-10,12-17,20H,4-8,11,18-19H2,1-3H3,(H,31,32). The zero-order valence-electron chi connectivity index (χ0n) is 20.0. The van der Waals surface area contributed by atoms with E-state index in [0.29, 0.717) is 18.7 Å². The lowest BCUT2D eigenvalue weighted by atomic mass is 9.99. The maximum Gasteiger partial charge on any atom is 0.346 e. The Morgan fingerprint density at radius 3 is 2.30 bits per heavy atom. The molecule has 176 valence electrons. The normalized spacial score (nSPS) is 11.3. The highest BCUT2D eigenvalue weighted by atomic mass is 16.4. The fourth-order valence-electron chi connectivity index (χ4n) is 4.11. The summed E-state index contributed by atoms with van der Waals surface area (Å²) >= 11 is 0. The molecule has 0 bridgehead atoms. The number of carboxylic acids is 1. The third-order valence-electron chi connectivity index (χ3n) is 5.95. The van der Waals surface area contributed by atoms with Crippen molar-refractivity contribution in [1.82, 2.24) is 14.3 Å². The van der Waals surface area contributed by atoms with Gasteiger partial charge in [0.05, 0.1) is 12.1 Å². The van der Waals surface area contributed by atoms with E-state index in [9.17, 15) is 14.7 Å². The molecule has 0 spiro atoms. The van der Waals surface area contributed by atoms with Crippen molar-refractivity contribution >= 4 is 5.97 Å². The van der Waals surface area contributed by atoms with E-state index in [2.05, 4.69) is 25.9 Å². The average Bonchev–Trinajstić information content (AvgIpc) is 3.12. The Morgan fingerprint density at radius 2 is 1.64 bits per heavy atom. The van der Waals surface area contributed by atoms with Crippen LogP contribution in [0.25, 0.3) is 11.1 Å². The van der Waals surface area contributed by atoms with Gasteiger partial charge in [-0.3, -0.25) is 4.57 Å². The second kappa shape index (κ2) is 11.6. The van der Waals surface area contributed by atoms with Crippen molar-refractivity contribution in [1.29, 1.82) is 0 Å². The van der Waals surface area contributed by atoms with E-state index in [1.54, 1.807) is 21.4 Å². The van der Waals surface area contributed by atoms with Crippen molar-refractivity contribution < 1.29 is 9.90 Å². The maximum absolute atomic E-state index is 13.1. The van der Waals surface area contributed by atoms with Gasteiger partial charge in [-0.25, -0.2) is 14.3 Å². The number of carboxylic acid groups (broad SMARTS) is 1. The van der Waals surface area contributed by atoms with Crippen molar-refractivity contribution in [3.8, 4) is 11.1 Å². The summed E-state index contributed by atoms with van der Waals surface area (Å²) in [5, 5.41) is 14.1. The van der Waals surface area contributed by atoms with E-state index in [-0.39, 0.29) is 17.2 Å². The first-order valence-electron chi connectivity index (χ1n) is 12.0. The van der Waals surface area contributed by atoms with Crippen LogP contribution in [0.15, 0.2) is 53.3 Å². The molecule has 3 rings (SSSR count). The lowest BCUT2D eigenvalue weighted by Gasteiger charge is -2.10. The lowest BCUT2D eigenvalue weighted by Crippen LogP contribution is -2.26. The van der Waals surface area contributed by atoms with Crippen LogP contribution in [0, 0.1) is 0 Å². The van der Waals surface area contributed by atoms with Crippen LogP contribution in [-0.4, -0.2) is 25.4 Å². The van der Waals surface area contributed by atoms with Crippen LogP contribution in [0.5, 0.6) is 0 Å². The van der Waals surface area contributed by atoms with Crippen molar-refractivity contribution in [2.24, 2.45) is 0 Å². The van der Waals surface area contributed by atoms with Crippen molar-refractivity contribution in [3.05, 3.63) is 76.0 Å². The summed E-state index contributed by atoms with van der Waals surface area (Å²) in [5.74, 6) is -0.00270. The first kappa shape index (κ1) is 24.5. The topological polar surface area (TPSA) is 77.1 Å². The molecule has 6 nitrogen and oxygen atoms in total. The molecule has 1 heterocycles. The number of aromatic carboxylic acids is 1. The molecule has 1 N–H and O–H groups in total. The molecule has 0 amide bonds. The van der Waals surface area contributed by atoms with Crippen LogP contribution in [0.1, 0.15) is 87.0 Å². The molecular weight excluding hydrogens is 414 g/mol. The van der Waals surface area contributed by atoms with Gasteiger partial charge >= 0.3 is 11.7 Å². The quantitative estimate of drug-likeness (QED) is 0.347.